The number of hydrogen-bond acceptors (Lipinski definition) is 1. The summed E-state index contributed by atoms with van der Waals surface area (Å²) in [6.07, 6.45) is 4.91. The summed E-state index contributed by atoms with van der Waals surface area (Å²) in [6, 6.07) is 7.24. The van der Waals surface area contributed by atoms with Crippen LogP contribution in [0.3, 0.4) is 0 Å². The predicted octanol–water partition coefficient (Wildman–Crippen LogP) is 3.19. The molecular weight excluding hydrogens is 264 g/mol. The highest BCUT2D eigenvalue weighted by molar-refractivity contribution is 9.10. The minimum absolute atomic E-state index is 0.766. The number of fused-ring (bicyclic) bond motifs is 1. The standard InChI is InChI=1S/C13H15BrN2/c1-16-8-9(7-15-11-3-4-11)12-6-10(14)2-5-13(12)16/h2,5-6,8,11,15H,3-4,7H2,1H3. The molecule has 3 heteroatoms. The molecule has 1 N–H and O–H groups in total. The molecular formula is C13H15BrN2. The molecule has 1 saturated carbocycles. The first-order valence-electron chi connectivity index (χ1n) is 5.71. The van der Waals surface area contributed by atoms with E-state index in [2.05, 4.69) is 57.3 Å². The maximum absolute atomic E-state index is 3.57. The number of hydrogen-bond donors (Lipinski definition) is 1. The van der Waals surface area contributed by atoms with Gasteiger partial charge < -0.3 is 9.88 Å². The molecule has 0 aliphatic heterocycles. The van der Waals surface area contributed by atoms with Gasteiger partial charge in [-0.2, -0.15) is 0 Å². The van der Waals surface area contributed by atoms with Crippen LogP contribution in [0.1, 0.15) is 18.4 Å². The van der Waals surface area contributed by atoms with Crippen LogP contribution in [-0.2, 0) is 13.6 Å². The van der Waals surface area contributed by atoms with E-state index in [0.29, 0.717) is 0 Å². The van der Waals surface area contributed by atoms with Crippen molar-refractivity contribution in [1.82, 2.24) is 9.88 Å². The van der Waals surface area contributed by atoms with E-state index in [-0.39, 0.29) is 0 Å². The fourth-order valence-corrected chi connectivity index (χ4v) is 2.49. The van der Waals surface area contributed by atoms with Crippen LogP contribution in [0.25, 0.3) is 10.9 Å². The smallest absolute Gasteiger partial charge is 0.0481 e. The molecule has 0 unspecified atom stereocenters. The van der Waals surface area contributed by atoms with Gasteiger partial charge in [0, 0.05) is 41.2 Å². The zero-order valence-electron chi connectivity index (χ0n) is 9.33. The Labute approximate surface area is 104 Å². The van der Waals surface area contributed by atoms with Crippen molar-refractivity contribution in [1.29, 1.82) is 0 Å². The van der Waals surface area contributed by atoms with Gasteiger partial charge in [0.05, 0.1) is 0 Å². The molecule has 1 aromatic carbocycles. The number of nitrogens with one attached hydrogen (secondary N) is 1. The normalized spacial score (nSPS) is 15.9. The van der Waals surface area contributed by atoms with Gasteiger partial charge in [0.2, 0.25) is 0 Å². The molecule has 2 nitrogen and oxygen atoms in total. The number of aromatic nitrogens is 1. The Balaban J connectivity index is 1.98. The fraction of sp³-hybridized carbons (Fsp3) is 0.385. The van der Waals surface area contributed by atoms with Gasteiger partial charge in [-0.3, -0.25) is 0 Å². The van der Waals surface area contributed by atoms with Crippen LogP contribution in [-0.4, -0.2) is 10.6 Å². The molecule has 3 rings (SSSR count). The predicted molar refractivity (Wildman–Crippen MR) is 70.5 cm³/mol. The summed E-state index contributed by atoms with van der Waals surface area (Å²) in [7, 11) is 2.11. The average molecular weight is 279 g/mol. The summed E-state index contributed by atoms with van der Waals surface area (Å²) in [5.74, 6) is 0. The average Bonchev–Trinajstić information content (AvgIpc) is 3.03. The summed E-state index contributed by atoms with van der Waals surface area (Å²) >= 11 is 3.54. The highest BCUT2D eigenvalue weighted by atomic mass is 79.9. The molecule has 0 atom stereocenters. The van der Waals surface area contributed by atoms with Crippen LogP contribution in [0, 0.1) is 0 Å². The zero-order valence-corrected chi connectivity index (χ0v) is 10.9. The topological polar surface area (TPSA) is 17.0 Å². The van der Waals surface area contributed by atoms with Crippen molar-refractivity contribution < 1.29 is 0 Å². The van der Waals surface area contributed by atoms with Gasteiger partial charge >= 0.3 is 0 Å². The van der Waals surface area contributed by atoms with Gasteiger partial charge in [0.15, 0.2) is 0 Å². The van der Waals surface area contributed by atoms with Crippen LogP contribution < -0.4 is 5.32 Å². The Hall–Kier alpha value is -0.800. The Bertz CT molecular complexity index is 526. The first-order chi connectivity index (χ1) is 7.74. The number of nitrogens with zero attached hydrogens (tertiary/aromatic N) is 1. The molecule has 0 saturated heterocycles. The van der Waals surface area contributed by atoms with E-state index in [1.807, 2.05) is 0 Å². The van der Waals surface area contributed by atoms with Crippen molar-refractivity contribution in [3.8, 4) is 0 Å². The first kappa shape index (κ1) is 10.4. The third-order valence-electron chi connectivity index (χ3n) is 3.19. The van der Waals surface area contributed by atoms with Crippen molar-refractivity contribution in [3.63, 3.8) is 0 Å². The number of aryl methyl sites for hydroxylation is 1. The maximum Gasteiger partial charge on any atom is 0.0481 e. The van der Waals surface area contributed by atoms with Gasteiger partial charge in [0.1, 0.15) is 0 Å². The van der Waals surface area contributed by atoms with Gasteiger partial charge in [-0.15, -0.1) is 0 Å². The second kappa shape index (κ2) is 3.90. The van der Waals surface area contributed by atoms with Gasteiger partial charge in [-0.1, -0.05) is 15.9 Å². The molecule has 1 aromatic heterocycles. The Morgan fingerprint density at radius 3 is 3.00 bits per heavy atom. The van der Waals surface area contributed by atoms with Crippen LogP contribution in [0.4, 0.5) is 0 Å². The molecule has 1 fully saturated rings. The van der Waals surface area contributed by atoms with Gasteiger partial charge in [-0.25, -0.2) is 0 Å². The van der Waals surface area contributed by atoms with Crippen molar-refractivity contribution >= 4 is 26.8 Å². The second-order valence-corrected chi connectivity index (χ2v) is 5.50. The minimum Gasteiger partial charge on any atom is -0.350 e. The lowest BCUT2D eigenvalue weighted by molar-refractivity contribution is 0.689. The third kappa shape index (κ3) is 1.89. The molecule has 0 bridgehead atoms. The molecule has 0 radical (unpaired) electrons. The Morgan fingerprint density at radius 1 is 1.44 bits per heavy atom. The maximum atomic E-state index is 3.57. The SMILES string of the molecule is Cn1cc(CNC2CC2)c2cc(Br)ccc21. The number of benzene rings is 1. The van der Waals surface area contributed by atoms with Crippen LogP contribution in [0.15, 0.2) is 28.9 Å². The van der Waals surface area contributed by atoms with Crippen LogP contribution >= 0.6 is 15.9 Å². The van der Waals surface area contributed by atoms with E-state index in [0.717, 1.165) is 17.1 Å². The molecule has 1 heterocycles. The van der Waals surface area contributed by atoms with Gasteiger partial charge in [-0.05, 0) is 36.6 Å². The lowest BCUT2D eigenvalue weighted by Crippen LogP contribution is -2.14. The summed E-state index contributed by atoms with van der Waals surface area (Å²) < 4.78 is 3.35. The first-order valence-corrected chi connectivity index (χ1v) is 6.50. The van der Waals surface area contributed by atoms with Crippen molar-refractivity contribution in [2.75, 3.05) is 0 Å². The second-order valence-electron chi connectivity index (χ2n) is 4.58. The van der Waals surface area contributed by atoms with E-state index < -0.39 is 0 Å². The quantitative estimate of drug-likeness (QED) is 0.913. The van der Waals surface area contributed by atoms with Crippen molar-refractivity contribution in [2.24, 2.45) is 7.05 Å². The van der Waals surface area contributed by atoms with E-state index in [1.54, 1.807) is 0 Å². The molecule has 16 heavy (non-hydrogen) atoms. The molecule has 1 aliphatic rings. The summed E-state index contributed by atoms with van der Waals surface area (Å²) in [4.78, 5) is 0. The molecule has 0 amide bonds. The van der Waals surface area contributed by atoms with Crippen LogP contribution in [0.5, 0.6) is 0 Å². The zero-order chi connectivity index (χ0) is 11.1. The van der Waals surface area contributed by atoms with Crippen LogP contribution in [0.2, 0.25) is 0 Å². The summed E-state index contributed by atoms with van der Waals surface area (Å²) in [6.45, 7) is 0.985. The van der Waals surface area contributed by atoms with E-state index >= 15 is 0 Å². The van der Waals surface area contributed by atoms with Gasteiger partial charge in [0.25, 0.3) is 0 Å². The minimum atomic E-state index is 0.766. The molecule has 1 aliphatic carbocycles. The Morgan fingerprint density at radius 2 is 2.25 bits per heavy atom. The largest absolute Gasteiger partial charge is 0.350 e. The van der Waals surface area contributed by atoms with E-state index in [1.165, 1.54) is 29.3 Å². The highest BCUT2D eigenvalue weighted by Crippen LogP contribution is 2.26. The summed E-state index contributed by atoms with van der Waals surface area (Å²) in [5.41, 5.74) is 2.70. The Kier molecular flexibility index (Phi) is 2.52. The molecule has 0 spiro atoms. The lowest BCUT2D eigenvalue weighted by atomic mass is 10.2. The fourth-order valence-electron chi connectivity index (χ4n) is 2.13. The highest BCUT2D eigenvalue weighted by Gasteiger charge is 2.20. The summed E-state index contributed by atoms with van der Waals surface area (Å²) in [5, 5.41) is 4.92. The lowest BCUT2D eigenvalue weighted by Gasteiger charge is -2.01. The number of halogens is 1. The van der Waals surface area contributed by atoms with Crippen molar-refractivity contribution in [3.05, 3.63) is 34.4 Å². The van der Waals surface area contributed by atoms with E-state index in [4.69, 9.17) is 0 Å². The number of rotatable bonds is 3. The van der Waals surface area contributed by atoms with E-state index in [9.17, 15) is 0 Å². The monoisotopic (exact) mass is 278 g/mol. The third-order valence-corrected chi connectivity index (χ3v) is 3.69. The molecule has 84 valence electrons. The van der Waals surface area contributed by atoms with Crippen molar-refractivity contribution in [2.45, 2.75) is 25.4 Å². The molecule has 2 aromatic rings.